The topological polar surface area (TPSA) is 103 Å². The van der Waals surface area contributed by atoms with Crippen molar-refractivity contribution in [1.29, 1.82) is 0 Å². The normalized spacial score (nSPS) is 34.6. The molecule has 3 N–H and O–H groups in total. The van der Waals surface area contributed by atoms with Gasteiger partial charge in [0.25, 0.3) is 0 Å². The Labute approximate surface area is 196 Å². The van der Waals surface area contributed by atoms with Crippen LogP contribution in [-0.4, -0.2) is 78.4 Å². The molecule has 0 aromatic heterocycles. The van der Waals surface area contributed by atoms with Gasteiger partial charge in [-0.1, -0.05) is 12.5 Å². The van der Waals surface area contributed by atoms with Crippen molar-refractivity contribution in [2.75, 3.05) is 25.6 Å². The quantitative estimate of drug-likeness (QED) is 0.424. The van der Waals surface area contributed by atoms with Crippen LogP contribution in [0.3, 0.4) is 0 Å². The molecule has 33 heavy (non-hydrogen) atoms. The van der Waals surface area contributed by atoms with Crippen LogP contribution in [0.25, 0.3) is 0 Å². The fraction of sp³-hybridized carbons (Fsp3) is 0.654. The van der Waals surface area contributed by atoms with E-state index in [-0.39, 0.29) is 29.8 Å². The van der Waals surface area contributed by atoms with Crippen LogP contribution in [0.15, 0.2) is 29.3 Å². The number of anilines is 1. The molecule has 8 atom stereocenters. The van der Waals surface area contributed by atoms with Crippen LogP contribution in [0.2, 0.25) is 0 Å². The van der Waals surface area contributed by atoms with Crippen LogP contribution >= 0.6 is 0 Å². The summed E-state index contributed by atoms with van der Waals surface area (Å²) < 4.78 is 11.7. The number of aliphatic hydroxyl groups excluding tert-OH is 3. The number of nitrogens with zero attached hydrogens (tertiary/aromatic N) is 1. The maximum atomic E-state index is 13.0. The van der Waals surface area contributed by atoms with Crippen LogP contribution < -0.4 is 4.90 Å². The molecule has 2 heterocycles. The molecule has 2 saturated heterocycles. The number of hydrogen-bond donors (Lipinski definition) is 3. The summed E-state index contributed by atoms with van der Waals surface area (Å²) in [5.74, 6) is -0.145. The van der Waals surface area contributed by atoms with Gasteiger partial charge in [-0.15, -0.1) is 0 Å². The zero-order chi connectivity index (χ0) is 24.0. The summed E-state index contributed by atoms with van der Waals surface area (Å²) in [6.45, 7) is 5.96. The molecule has 1 aromatic rings. The van der Waals surface area contributed by atoms with Crippen LogP contribution in [0.1, 0.15) is 49.5 Å². The van der Waals surface area contributed by atoms with Crippen LogP contribution in [0, 0.1) is 11.8 Å². The molecule has 1 aliphatic carbocycles. The lowest BCUT2D eigenvalue weighted by molar-refractivity contribution is -0.165. The van der Waals surface area contributed by atoms with E-state index in [0.29, 0.717) is 25.9 Å². The maximum absolute atomic E-state index is 13.0. The Bertz CT molecular complexity index is 925. The molecule has 2 aliphatic heterocycles. The van der Waals surface area contributed by atoms with E-state index in [0.717, 1.165) is 28.0 Å². The molecule has 7 heteroatoms. The Morgan fingerprint density at radius 3 is 2.58 bits per heavy atom. The van der Waals surface area contributed by atoms with Crippen molar-refractivity contribution in [1.82, 2.24) is 0 Å². The molecule has 2 fully saturated rings. The van der Waals surface area contributed by atoms with Crippen molar-refractivity contribution in [2.24, 2.45) is 11.8 Å². The first-order valence-electron chi connectivity index (χ1n) is 11.9. The minimum atomic E-state index is -1.02. The molecule has 4 rings (SSSR count). The van der Waals surface area contributed by atoms with E-state index in [1.54, 1.807) is 6.92 Å². The number of ketones is 1. The molecular weight excluding hydrogens is 422 g/mol. The van der Waals surface area contributed by atoms with E-state index in [1.165, 1.54) is 0 Å². The number of carbonyl (C=O) groups excluding carboxylic acids is 1. The van der Waals surface area contributed by atoms with Gasteiger partial charge < -0.3 is 29.7 Å². The molecule has 0 unspecified atom stereocenters. The Balaban J connectivity index is 1.37. The largest absolute Gasteiger partial charge is 0.393 e. The van der Waals surface area contributed by atoms with E-state index >= 15 is 0 Å². The molecular formula is C26H37NO6. The van der Waals surface area contributed by atoms with Gasteiger partial charge in [0.05, 0.1) is 37.1 Å². The second kappa shape index (κ2) is 9.47. The fourth-order valence-corrected chi connectivity index (χ4v) is 5.14. The highest BCUT2D eigenvalue weighted by molar-refractivity contribution is 6.13. The van der Waals surface area contributed by atoms with E-state index in [2.05, 4.69) is 6.07 Å². The number of benzene rings is 1. The molecule has 0 radical (unpaired) electrons. The third-order valence-corrected chi connectivity index (χ3v) is 7.69. The second-order valence-corrected chi connectivity index (χ2v) is 10.3. The Morgan fingerprint density at radius 2 is 1.91 bits per heavy atom. The summed E-state index contributed by atoms with van der Waals surface area (Å²) in [7, 11) is 3.95. The number of fused-ring (bicyclic) bond motifs is 1. The minimum Gasteiger partial charge on any atom is -0.393 e. The van der Waals surface area contributed by atoms with Crippen molar-refractivity contribution < 1.29 is 29.6 Å². The van der Waals surface area contributed by atoms with Crippen molar-refractivity contribution >= 4 is 11.5 Å². The van der Waals surface area contributed by atoms with Crippen LogP contribution in [0.5, 0.6) is 0 Å². The Hall–Kier alpha value is -1.77. The summed E-state index contributed by atoms with van der Waals surface area (Å²) in [4.78, 5) is 15.0. The van der Waals surface area contributed by atoms with Gasteiger partial charge in [-0.05, 0) is 50.5 Å². The third-order valence-electron chi connectivity index (χ3n) is 7.69. The molecule has 3 aliphatic rings. The number of Topliss-reactive ketones (excluding diaryl/α,β-unsaturated/α-hetero) is 1. The van der Waals surface area contributed by atoms with Gasteiger partial charge in [-0.25, -0.2) is 0 Å². The van der Waals surface area contributed by atoms with Gasteiger partial charge in [0.2, 0.25) is 0 Å². The zero-order valence-corrected chi connectivity index (χ0v) is 20.2. The highest BCUT2D eigenvalue weighted by Crippen LogP contribution is 2.39. The zero-order valence-electron chi connectivity index (χ0n) is 20.2. The van der Waals surface area contributed by atoms with Gasteiger partial charge in [0.15, 0.2) is 5.78 Å². The average Bonchev–Trinajstić information content (AvgIpc) is 3.46. The van der Waals surface area contributed by atoms with E-state index in [4.69, 9.17) is 9.47 Å². The predicted molar refractivity (Wildman–Crippen MR) is 125 cm³/mol. The smallest absolute Gasteiger partial charge is 0.189 e. The van der Waals surface area contributed by atoms with Crippen LogP contribution in [0.4, 0.5) is 5.69 Å². The highest BCUT2D eigenvalue weighted by atomic mass is 16.6. The first-order chi connectivity index (χ1) is 15.6. The van der Waals surface area contributed by atoms with Gasteiger partial charge in [0.1, 0.15) is 6.10 Å². The van der Waals surface area contributed by atoms with E-state index in [9.17, 15) is 20.1 Å². The number of rotatable bonds is 7. The van der Waals surface area contributed by atoms with Crippen molar-refractivity contribution in [3.05, 3.63) is 40.5 Å². The lowest BCUT2D eigenvalue weighted by atomic mass is 9.85. The first-order valence-corrected chi connectivity index (χ1v) is 11.9. The average molecular weight is 460 g/mol. The Morgan fingerprint density at radius 1 is 1.18 bits per heavy atom. The molecule has 182 valence electrons. The maximum Gasteiger partial charge on any atom is 0.189 e. The molecule has 0 bridgehead atoms. The molecule has 0 amide bonds. The summed E-state index contributed by atoms with van der Waals surface area (Å²) in [6.07, 6.45) is -1.39. The molecule has 0 spiro atoms. The highest BCUT2D eigenvalue weighted by Gasteiger charge is 2.48. The standard InChI is InChI=1S/C26H37NO6/c1-13(20-10-16-9-18(27(4)5)6-7-19(16)24(20)30)8-21-25(31)23(29)17(12-32-21)11-22-26(33-22)14(2)15(3)28/h6-7,9,14-15,17,21-23,25-26,28-29,31H,8,10-12H2,1-5H3/b20-13+/t14-,15-,17-,21-,22-,23+,25-,26-/m0/s1. The van der Waals surface area contributed by atoms with E-state index in [1.807, 2.05) is 45.0 Å². The number of aliphatic hydroxyl groups is 3. The third kappa shape index (κ3) is 4.88. The molecule has 7 nitrogen and oxygen atoms in total. The second-order valence-electron chi connectivity index (χ2n) is 10.3. The van der Waals surface area contributed by atoms with Crippen molar-refractivity contribution in [2.45, 2.75) is 76.7 Å². The molecule has 1 aromatic carbocycles. The first kappa shape index (κ1) is 24.4. The number of epoxide rings is 1. The number of allylic oxidation sites excluding steroid dienone is 1. The molecule has 0 saturated carbocycles. The van der Waals surface area contributed by atoms with Crippen LogP contribution in [-0.2, 0) is 15.9 Å². The minimum absolute atomic E-state index is 0.0120. The summed E-state index contributed by atoms with van der Waals surface area (Å²) in [5, 5.41) is 31.3. The van der Waals surface area contributed by atoms with Gasteiger partial charge in [0, 0.05) is 49.2 Å². The number of carbonyl (C=O) groups is 1. The number of ether oxygens (including phenoxy) is 2. The van der Waals surface area contributed by atoms with Gasteiger partial charge in [-0.2, -0.15) is 0 Å². The number of hydrogen-bond acceptors (Lipinski definition) is 7. The Kier molecular flexibility index (Phi) is 6.99. The summed E-state index contributed by atoms with van der Waals surface area (Å²) in [5.41, 5.74) is 4.48. The summed E-state index contributed by atoms with van der Waals surface area (Å²) >= 11 is 0. The van der Waals surface area contributed by atoms with Gasteiger partial charge in [-0.3, -0.25) is 4.79 Å². The van der Waals surface area contributed by atoms with Gasteiger partial charge >= 0.3 is 0 Å². The monoisotopic (exact) mass is 459 g/mol. The lowest BCUT2D eigenvalue weighted by Gasteiger charge is -2.38. The predicted octanol–water partition coefficient (Wildman–Crippen LogP) is 2.11. The fourth-order valence-electron chi connectivity index (χ4n) is 5.14. The van der Waals surface area contributed by atoms with E-state index < -0.39 is 24.4 Å². The van der Waals surface area contributed by atoms with Crippen molar-refractivity contribution in [3.63, 3.8) is 0 Å². The lowest BCUT2D eigenvalue weighted by Crippen LogP contribution is -2.50. The SMILES string of the molecule is C/C(C[C@@H]1OC[C@H](C[C@@H]2O[C@H]2[C@@H](C)[C@H](C)O)[C@@H](O)[C@H]1O)=C1/Cc2cc(N(C)C)ccc2C1=O. The summed E-state index contributed by atoms with van der Waals surface area (Å²) in [6, 6.07) is 5.90. The van der Waals surface area contributed by atoms with Crippen molar-refractivity contribution in [3.8, 4) is 0 Å².